The fourth-order valence-corrected chi connectivity index (χ4v) is 3.01. The van der Waals surface area contributed by atoms with Crippen molar-refractivity contribution in [1.29, 1.82) is 0 Å². The van der Waals surface area contributed by atoms with E-state index in [-0.39, 0.29) is 0 Å². The van der Waals surface area contributed by atoms with Gasteiger partial charge >= 0.3 is 0 Å². The van der Waals surface area contributed by atoms with Crippen LogP contribution in [0.5, 0.6) is 0 Å². The molecule has 0 radical (unpaired) electrons. The van der Waals surface area contributed by atoms with Gasteiger partial charge in [0.05, 0.1) is 11.9 Å². The Labute approximate surface area is 140 Å². The van der Waals surface area contributed by atoms with E-state index in [2.05, 4.69) is 62.2 Å². The van der Waals surface area contributed by atoms with Crippen molar-refractivity contribution in [2.75, 3.05) is 6.67 Å². The summed E-state index contributed by atoms with van der Waals surface area (Å²) in [6, 6.07) is 6.55. The van der Waals surface area contributed by atoms with Crippen molar-refractivity contribution >= 4 is 16.6 Å². The zero-order valence-corrected chi connectivity index (χ0v) is 13.8. The van der Waals surface area contributed by atoms with Crippen LogP contribution in [-0.4, -0.2) is 32.2 Å². The molecule has 1 aromatic carbocycles. The highest BCUT2D eigenvalue weighted by molar-refractivity contribution is 5.93. The van der Waals surface area contributed by atoms with Crippen molar-refractivity contribution in [3.8, 4) is 11.4 Å². The van der Waals surface area contributed by atoms with E-state index in [1.165, 1.54) is 16.5 Å². The summed E-state index contributed by atoms with van der Waals surface area (Å²) in [5.74, 6) is 0. The molecule has 0 spiro atoms. The number of allylic oxidation sites excluding steroid dienone is 1. The van der Waals surface area contributed by atoms with Crippen LogP contribution in [0.1, 0.15) is 18.1 Å². The van der Waals surface area contributed by atoms with Gasteiger partial charge in [-0.25, -0.2) is 0 Å². The minimum atomic E-state index is 0.720. The predicted molar refractivity (Wildman–Crippen MR) is 96.7 cm³/mol. The van der Waals surface area contributed by atoms with Crippen molar-refractivity contribution in [1.82, 2.24) is 19.9 Å². The lowest BCUT2D eigenvalue weighted by molar-refractivity contribution is 0.378. The van der Waals surface area contributed by atoms with Crippen molar-refractivity contribution in [3.63, 3.8) is 0 Å². The van der Waals surface area contributed by atoms with E-state index < -0.39 is 0 Å². The lowest BCUT2D eigenvalue weighted by Crippen LogP contribution is -2.20. The summed E-state index contributed by atoms with van der Waals surface area (Å²) in [4.78, 5) is 18.7. The van der Waals surface area contributed by atoms with Gasteiger partial charge in [-0.1, -0.05) is 6.07 Å². The molecule has 5 heteroatoms. The summed E-state index contributed by atoms with van der Waals surface area (Å²) in [5, 5.41) is 1.23. The zero-order chi connectivity index (χ0) is 16.5. The Kier molecular flexibility index (Phi) is 3.61. The van der Waals surface area contributed by atoms with Gasteiger partial charge in [-0.05, 0) is 43.2 Å². The number of aryl methyl sites for hydroxylation is 1. The van der Waals surface area contributed by atoms with E-state index in [1.54, 1.807) is 18.6 Å². The van der Waals surface area contributed by atoms with Crippen LogP contribution in [0.2, 0.25) is 0 Å². The van der Waals surface area contributed by atoms with Gasteiger partial charge in [0.25, 0.3) is 0 Å². The van der Waals surface area contributed by atoms with Gasteiger partial charge in [-0.15, -0.1) is 0 Å². The first-order chi connectivity index (χ1) is 11.7. The van der Waals surface area contributed by atoms with E-state index in [1.807, 2.05) is 6.92 Å². The van der Waals surface area contributed by atoms with E-state index >= 15 is 0 Å². The zero-order valence-electron chi connectivity index (χ0n) is 13.8. The van der Waals surface area contributed by atoms with Crippen LogP contribution in [-0.2, 0) is 6.54 Å². The topological polar surface area (TPSA) is 57.2 Å². The number of aromatic nitrogens is 3. The maximum absolute atomic E-state index is 4.47. The third-order valence-corrected chi connectivity index (χ3v) is 4.36. The maximum atomic E-state index is 4.47. The van der Waals surface area contributed by atoms with Gasteiger partial charge < -0.3 is 9.88 Å². The molecule has 0 atom stereocenters. The number of benzene rings is 1. The summed E-state index contributed by atoms with van der Waals surface area (Å²) in [5.41, 5.74) is 6.59. The molecular formula is C19H19N5. The number of fused-ring (bicyclic) bond motifs is 1. The Morgan fingerprint density at radius 1 is 1.21 bits per heavy atom. The minimum Gasteiger partial charge on any atom is -0.354 e. The molecular weight excluding hydrogens is 298 g/mol. The van der Waals surface area contributed by atoms with E-state index in [4.69, 9.17) is 0 Å². The molecule has 1 N–H and O–H groups in total. The quantitative estimate of drug-likeness (QED) is 0.801. The molecule has 3 aromatic rings. The number of H-pyrrole nitrogens is 1. The molecule has 2 aromatic heterocycles. The fraction of sp³-hybridized carbons (Fsp3) is 0.211. The molecule has 4 rings (SSSR count). The van der Waals surface area contributed by atoms with Crippen LogP contribution in [0.25, 0.3) is 22.3 Å². The van der Waals surface area contributed by atoms with Gasteiger partial charge in [0, 0.05) is 41.8 Å². The second-order valence-corrected chi connectivity index (χ2v) is 6.10. The Balaban J connectivity index is 1.66. The molecule has 0 amide bonds. The number of hydrogen-bond donors (Lipinski definition) is 1. The van der Waals surface area contributed by atoms with Gasteiger partial charge in [-0.2, -0.15) is 0 Å². The van der Waals surface area contributed by atoms with Gasteiger partial charge in [0.15, 0.2) is 0 Å². The SMILES string of the molecule is CC1=NCN(Cc2ccc3[nH]c(-c4cnccn4)c(C)c3c2)C=C1. The number of hydrogen-bond acceptors (Lipinski definition) is 4. The van der Waals surface area contributed by atoms with Crippen LogP contribution < -0.4 is 0 Å². The summed E-state index contributed by atoms with van der Waals surface area (Å²) in [6.07, 6.45) is 9.36. The van der Waals surface area contributed by atoms with Crippen molar-refractivity contribution in [2.24, 2.45) is 4.99 Å². The molecule has 120 valence electrons. The first kappa shape index (κ1) is 14.6. The molecule has 1 aliphatic rings. The second kappa shape index (κ2) is 5.92. The fourth-order valence-electron chi connectivity index (χ4n) is 3.01. The van der Waals surface area contributed by atoms with Gasteiger partial charge in [0.1, 0.15) is 12.4 Å². The Hall–Kier alpha value is -2.95. The first-order valence-corrected chi connectivity index (χ1v) is 8.01. The summed E-state index contributed by atoms with van der Waals surface area (Å²) < 4.78 is 0. The molecule has 1 aliphatic heterocycles. The summed E-state index contributed by atoms with van der Waals surface area (Å²) in [7, 11) is 0. The molecule has 3 heterocycles. The van der Waals surface area contributed by atoms with Crippen molar-refractivity contribution < 1.29 is 0 Å². The monoisotopic (exact) mass is 317 g/mol. The van der Waals surface area contributed by atoms with E-state index in [9.17, 15) is 0 Å². The lowest BCUT2D eigenvalue weighted by Gasteiger charge is -2.21. The molecule has 0 unspecified atom stereocenters. The number of aliphatic imine (C=N–C) groups is 1. The molecule has 0 aliphatic carbocycles. The largest absolute Gasteiger partial charge is 0.354 e. The Morgan fingerprint density at radius 3 is 2.88 bits per heavy atom. The lowest BCUT2D eigenvalue weighted by atomic mass is 10.1. The second-order valence-electron chi connectivity index (χ2n) is 6.10. The Bertz CT molecular complexity index is 937. The van der Waals surface area contributed by atoms with Crippen LogP contribution in [0.3, 0.4) is 0 Å². The highest BCUT2D eigenvalue weighted by atomic mass is 15.2. The number of rotatable bonds is 3. The molecule has 0 fully saturated rings. The van der Waals surface area contributed by atoms with E-state index in [0.29, 0.717) is 0 Å². The number of aromatic amines is 1. The third kappa shape index (κ3) is 2.69. The highest BCUT2D eigenvalue weighted by Crippen LogP contribution is 2.29. The van der Waals surface area contributed by atoms with Crippen molar-refractivity contribution in [3.05, 3.63) is 60.2 Å². The smallest absolute Gasteiger partial charge is 0.110 e. The Morgan fingerprint density at radius 2 is 2.12 bits per heavy atom. The molecule has 0 bridgehead atoms. The van der Waals surface area contributed by atoms with Crippen LogP contribution in [0, 0.1) is 6.92 Å². The maximum Gasteiger partial charge on any atom is 0.110 e. The predicted octanol–water partition coefficient (Wildman–Crippen LogP) is 3.68. The molecule has 0 saturated carbocycles. The molecule has 0 saturated heterocycles. The number of nitrogens with zero attached hydrogens (tertiary/aromatic N) is 4. The molecule has 24 heavy (non-hydrogen) atoms. The third-order valence-electron chi connectivity index (χ3n) is 4.36. The normalized spacial score (nSPS) is 14.2. The van der Waals surface area contributed by atoms with Gasteiger partial charge in [0.2, 0.25) is 0 Å². The standard InChI is InChI=1S/C19H19N5/c1-13-5-8-24(12-22-13)11-15-3-4-17-16(9-15)14(2)19(23-17)18-10-20-6-7-21-18/h3-10,23H,11-12H2,1-2H3. The van der Waals surface area contributed by atoms with E-state index in [0.717, 1.165) is 35.8 Å². The highest BCUT2D eigenvalue weighted by Gasteiger charge is 2.12. The summed E-state index contributed by atoms with van der Waals surface area (Å²) >= 11 is 0. The van der Waals surface area contributed by atoms with Crippen LogP contribution >= 0.6 is 0 Å². The summed E-state index contributed by atoms with van der Waals surface area (Å²) in [6.45, 7) is 5.73. The average Bonchev–Trinajstić information content (AvgIpc) is 2.94. The van der Waals surface area contributed by atoms with Gasteiger partial charge in [-0.3, -0.25) is 15.0 Å². The average molecular weight is 317 g/mol. The molecule has 5 nitrogen and oxygen atoms in total. The first-order valence-electron chi connectivity index (χ1n) is 8.01. The van der Waals surface area contributed by atoms with Crippen LogP contribution in [0.15, 0.2) is 54.1 Å². The number of nitrogens with one attached hydrogen (secondary N) is 1. The van der Waals surface area contributed by atoms with Crippen molar-refractivity contribution in [2.45, 2.75) is 20.4 Å². The minimum absolute atomic E-state index is 0.720. The van der Waals surface area contributed by atoms with Crippen LogP contribution in [0.4, 0.5) is 0 Å².